The van der Waals surface area contributed by atoms with E-state index in [4.69, 9.17) is 5.26 Å². The number of amides is 2. The van der Waals surface area contributed by atoms with Crippen molar-refractivity contribution in [1.29, 1.82) is 5.26 Å². The van der Waals surface area contributed by atoms with E-state index >= 15 is 0 Å². The maximum Gasteiger partial charge on any atom is 0.320 e. The highest BCUT2D eigenvalue weighted by atomic mass is 16.2. The lowest BCUT2D eigenvalue weighted by Gasteiger charge is -2.34. The van der Waals surface area contributed by atoms with Crippen molar-refractivity contribution in [3.63, 3.8) is 0 Å². The summed E-state index contributed by atoms with van der Waals surface area (Å²) < 4.78 is 0. The Morgan fingerprint density at radius 2 is 2.35 bits per heavy atom. The molecule has 0 aliphatic carbocycles. The van der Waals surface area contributed by atoms with Gasteiger partial charge in [0.2, 0.25) is 0 Å². The smallest absolute Gasteiger partial charge is 0.320 e. The highest BCUT2D eigenvalue weighted by molar-refractivity contribution is 5.74. The first-order chi connectivity index (χ1) is 9.60. The Morgan fingerprint density at radius 3 is 3.05 bits per heavy atom. The number of urea groups is 1. The number of hydrogen-bond acceptors (Lipinski definition) is 2. The van der Waals surface area contributed by atoms with Crippen LogP contribution in [-0.4, -0.2) is 36.0 Å². The van der Waals surface area contributed by atoms with E-state index in [-0.39, 0.29) is 6.03 Å². The van der Waals surface area contributed by atoms with Gasteiger partial charge < -0.3 is 9.80 Å². The summed E-state index contributed by atoms with van der Waals surface area (Å²) in [6.45, 7) is 4.43. The van der Waals surface area contributed by atoms with Crippen LogP contribution in [0.4, 0.5) is 4.79 Å². The zero-order valence-electron chi connectivity index (χ0n) is 12.2. The Kier molecular flexibility index (Phi) is 4.62. The molecular formula is C16H21N3O. The van der Waals surface area contributed by atoms with E-state index in [0.717, 1.165) is 25.1 Å². The van der Waals surface area contributed by atoms with E-state index in [1.54, 1.807) is 11.0 Å². The first-order valence-corrected chi connectivity index (χ1v) is 7.09. The van der Waals surface area contributed by atoms with Crippen molar-refractivity contribution in [1.82, 2.24) is 9.80 Å². The van der Waals surface area contributed by atoms with Crippen LogP contribution in [0, 0.1) is 17.2 Å². The monoisotopic (exact) mass is 271 g/mol. The summed E-state index contributed by atoms with van der Waals surface area (Å²) in [6, 6.07) is 9.62. The molecule has 1 aromatic rings. The van der Waals surface area contributed by atoms with E-state index < -0.39 is 0 Å². The van der Waals surface area contributed by atoms with Gasteiger partial charge in [-0.2, -0.15) is 5.26 Å². The van der Waals surface area contributed by atoms with Gasteiger partial charge in [0.25, 0.3) is 0 Å². The third-order valence-corrected chi connectivity index (χ3v) is 3.73. The normalized spacial score (nSPS) is 18.4. The number of nitriles is 1. The fourth-order valence-electron chi connectivity index (χ4n) is 2.69. The summed E-state index contributed by atoms with van der Waals surface area (Å²) in [5.41, 5.74) is 1.62. The average Bonchev–Trinajstić information content (AvgIpc) is 2.46. The van der Waals surface area contributed by atoms with Gasteiger partial charge >= 0.3 is 6.03 Å². The number of carbonyl (C=O) groups excluding carboxylic acids is 1. The quantitative estimate of drug-likeness (QED) is 0.830. The lowest BCUT2D eigenvalue weighted by Crippen LogP contribution is -2.45. The Bertz CT molecular complexity index is 521. The topological polar surface area (TPSA) is 47.3 Å². The maximum atomic E-state index is 12.4. The standard InChI is InChI=1S/C16H21N3O/c1-13-5-4-8-19(11-13)16(20)18(2)12-15-7-3-6-14(9-15)10-17/h3,6-7,9,13H,4-5,8,11-12H2,1-2H3. The molecule has 1 aromatic carbocycles. The molecule has 1 aliphatic heterocycles. The fraction of sp³-hybridized carbons (Fsp3) is 0.500. The number of likely N-dealkylation sites (tertiary alicyclic amines) is 1. The van der Waals surface area contributed by atoms with Gasteiger partial charge in [0.15, 0.2) is 0 Å². The highest BCUT2D eigenvalue weighted by Crippen LogP contribution is 2.17. The molecule has 4 nitrogen and oxygen atoms in total. The van der Waals surface area contributed by atoms with Crippen LogP contribution in [0.5, 0.6) is 0 Å². The molecule has 0 radical (unpaired) electrons. The maximum absolute atomic E-state index is 12.4. The molecule has 1 fully saturated rings. The van der Waals surface area contributed by atoms with Gasteiger partial charge in [-0.15, -0.1) is 0 Å². The predicted molar refractivity (Wildman–Crippen MR) is 78.0 cm³/mol. The molecule has 1 aliphatic rings. The first-order valence-electron chi connectivity index (χ1n) is 7.09. The molecule has 0 saturated carbocycles. The molecule has 0 spiro atoms. The van der Waals surface area contributed by atoms with E-state index in [1.807, 2.05) is 30.1 Å². The molecule has 1 heterocycles. The minimum Gasteiger partial charge on any atom is -0.324 e. The lowest BCUT2D eigenvalue weighted by molar-refractivity contribution is 0.137. The largest absolute Gasteiger partial charge is 0.324 e. The number of rotatable bonds is 2. The van der Waals surface area contributed by atoms with Crippen molar-refractivity contribution in [2.24, 2.45) is 5.92 Å². The third-order valence-electron chi connectivity index (χ3n) is 3.73. The Hall–Kier alpha value is -2.02. The molecule has 0 aromatic heterocycles. The Labute approximate surface area is 120 Å². The molecular weight excluding hydrogens is 250 g/mol. The van der Waals surface area contributed by atoms with Crippen LogP contribution >= 0.6 is 0 Å². The molecule has 0 bridgehead atoms. The molecule has 1 atom stereocenters. The number of carbonyl (C=O) groups is 1. The van der Waals surface area contributed by atoms with Gasteiger partial charge in [-0.3, -0.25) is 0 Å². The fourth-order valence-corrected chi connectivity index (χ4v) is 2.69. The first kappa shape index (κ1) is 14.4. The Balaban J connectivity index is 1.98. The predicted octanol–water partition coefficient (Wildman–Crippen LogP) is 2.84. The second-order valence-electron chi connectivity index (χ2n) is 5.64. The van der Waals surface area contributed by atoms with Crippen LogP contribution in [0.3, 0.4) is 0 Å². The summed E-state index contributed by atoms with van der Waals surface area (Å²) in [5, 5.41) is 8.90. The van der Waals surface area contributed by atoms with Gasteiger partial charge in [0.05, 0.1) is 11.6 Å². The van der Waals surface area contributed by atoms with Crippen LogP contribution in [0.2, 0.25) is 0 Å². The van der Waals surface area contributed by atoms with Crippen molar-refractivity contribution < 1.29 is 4.79 Å². The van der Waals surface area contributed by atoms with Crippen LogP contribution in [0.1, 0.15) is 30.9 Å². The second kappa shape index (κ2) is 6.42. The van der Waals surface area contributed by atoms with Crippen molar-refractivity contribution in [3.05, 3.63) is 35.4 Å². The molecule has 4 heteroatoms. The van der Waals surface area contributed by atoms with Gasteiger partial charge in [-0.25, -0.2) is 4.79 Å². The van der Waals surface area contributed by atoms with E-state index in [9.17, 15) is 4.79 Å². The van der Waals surface area contributed by atoms with Gasteiger partial charge in [0.1, 0.15) is 0 Å². The van der Waals surface area contributed by atoms with Crippen LogP contribution < -0.4 is 0 Å². The summed E-state index contributed by atoms with van der Waals surface area (Å²) in [4.78, 5) is 16.1. The molecule has 2 amide bonds. The Morgan fingerprint density at radius 1 is 1.55 bits per heavy atom. The minimum atomic E-state index is 0.0823. The molecule has 20 heavy (non-hydrogen) atoms. The number of piperidine rings is 1. The zero-order chi connectivity index (χ0) is 14.5. The van der Waals surface area contributed by atoms with Crippen molar-refractivity contribution in [3.8, 4) is 6.07 Å². The zero-order valence-corrected chi connectivity index (χ0v) is 12.2. The third kappa shape index (κ3) is 3.51. The van der Waals surface area contributed by atoms with Crippen LogP contribution in [0.25, 0.3) is 0 Å². The SMILES string of the molecule is CC1CCCN(C(=O)N(C)Cc2cccc(C#N)c2)C1. The molecule has 1 unspecified atom stereocenters. The number of benzene rings is 1. The summed E-state index contributed by atoms with van der Waals surface area (Å²) in [7, 11) is 1.82. The van der Waals surface area contributed by atoms with Crippen molar-refractivity contribution >= 4 is 6.03 Å². The highest BCUT2D eigenvalue weighted by Gasteiger charge is 2.23. The molecule has 0 N–H and O–H groups in total. The summed E-state index contributed by atoms with van der Waals surface area (Å²) in [6.07, 6.45) is 2.29. The van der Waals surface area contributed by atoms with Gasteiger partial charge in [0, 0.05) is 26.7 Å². The summed E-state index contributed by atoms with van der Waals surface area (Å²) >= 11 is 0. The molecule has 1 saturated heterocycles. The van der Waals surface area contributed by atoms with E-state index in [0.29, 0.717) is 18.0 Å². The summed E-state index contributed by atoms with van der Waals surface area (Å²) in [5.74, 6) is 0.586. The second-order valence-corrected chi connectivity index (χ2v) is 5.64. The van der Waals surface area contributed by atoms with E-state index in [1.165, 1.54) is 6.42 Å². The van der Waals surface area contributed by atoms with E-state index in [2.05, 4.69) is 13.0 Å². The molecule has 2 rings (SSSR count). The van der Waals surface area contributed by atoms with Crippen molar-refractivity contribution in [2.45, 2.75) is 26.3 Å². The average molecular weight is 271 g/mol. The lowest BCUT2D eigenvalue weighted by atomic mass is 10.0. The number of nitrogens with zero attached hydrogens (tertiary/aromatic N) is 3. The van der Waals surface area contributed by atoms with Crippen molar-refractivity contribution in [2.75, 3.05) is 20.1 Å². The van der Waals surface area contributed by atoms with Gasteiger partial charge in [-0.1, -0.05) is 19.1 Å². The van der Waals surface area contributed by atoms with Crippen LogP contribution in [-0.2, 0) is 6.54 Å². The van der Waals surface area contributed by atoms with Gasteiger partial charge in [-0.05, 0) is 36.5 Å². The molecule has 106 valence electrons. The van der Waals surface area contributed by atoms with Crippen LogP contribution in [0.15, 0.2) is 24.3 Å². The number of hydrogen-bond donors (Lipinski definition) is 0. The minimum absolute atomic E-state index is 0.0823.